The summed E-state index contributed by atoms with van der Waals surface area (Å²) in [5, 5.41) is 3.59. The van der Waals surface area contributed by atoms with Gasteiger partial charge in [0, 0.05) is 59.4 Å². The fraction of sp³-hybridized carbons (Fsp3) is 0.850. The summed E-state index contributed by atoms with van der Waals surface area (Å²) in [4.78, 5) is 37.1. The molecule has 166 valence electrons. The lowest BCUT2D eigenvalue weighted by molar-refractivity contribution is -0.131. The third-order valence-electron chi connectivity index (χ3n) is 6.04. The highest BCUT2D eigenvalue weighted by Gasteiger charge is 2.26. The summed E-state index contributed by atoms with van der Waals surface area (Å²) in [6.45, 7) is 5.91. The molecule has 3 fully saturated rings. The molecule has 0 unspecified atom stereocenters. The first-order valence-corrected chi connectivity index (χ1v) is 10.8. The van der Waals surface area contributed by atoms with Crippen LogP contribution in [0.3, 0.4) is 0 Å². The van der Waals surface area contributed by atoms with Crippen molar-refractivity contribution in [3.8, 4) is 0 Å². The highest BCUT2D eigenvalue weighted by Crippen LogP contribution is 2.18. The van der Waals surface area contributed by atoms with Crippen LogP contribution in [0.25, 0.3) is 0 Å². The van der Waals surface area contributed by atoms with Crippen LogP contribution < -0.4 is 5.32 Å². The number of amides is 2. The minimum absolute atomic E-state index is 0. The van der Waals surface area contributed by atoms with E-state index in [1.54, 1.807) is 19.0 Å². The Morgan fingerprint density at radius 1 is 0.931 bits per heavy atom. The van der Waals surface area contributed by atoms with Crippen molar-refractivity contribution in [3.63, 3.8) is 0 Å². The normalized spacial score (nSPS) is 21.2. The Kier molecular flexibility index (Phi) is 9.94. The predicted octanol–water partition coefficient (Wildman–Crippen LogP) is 0.821. The van der Waals surface area contributed by atoms with Crippen LogP contribution in [0.4, 0.5) is 0 Å². The van der Waals surface area contributed by atoms with Gasteiger partial charge in [0.2, 0.25) is 11.8 Å². The summed E-state index contributed by atoms with van der Waals surface area (Å²) in [7, 11) is 3.52. The number of carbonyl (C=O) groups excluding carboxylic acids is 2. The smallest absolute Gasteiger partial charge is 0.243 e. The van der Waals surface area contributed by atoms with Crippen LogP contribution in [0.15, 0.2) is 4.99 Å². The van der Waals surface area contributed by atoms with Gasteiger partial charge in [-0.15, -0.1) is 24.0 Å². The van der Waals surface area contributed by atoms with Gasteiger partial charge in [0.1, 0.15) is 6.54 Å². The predicted molar refractivity (Wildman–Crippen MR) is 126 cm³/mol. The number of likely N-dealkylation sites (tertiary alicyclic amines) is 1. The van der Waals surface area contributed by atoms with Crippen LogP contribution in [-0.2, 0) is 9.59 Å². The minimum atomic E-state index is 0. The zero-order valence-corrected chi connectivity index (χ0v) is 20.3. The molecule has 0 atom stereocenters. The van der Waals surface area contributed by atoms with E-state index in [-0.39, 0.29) is 42.3 Å². The van der Waals surface area contributed by atoms with Gasteiger partial charge in [-0.25, -0.2) is 4.99 Å². The van der Waals surface area contributed by atoms with Crippen molar-refractivity contribution >= 4 is 41.8 Å². The number of aliphatic imine (C=N–C) groups is 1. The van der Waals surface area contributed by atoms with E-state index in [2.05, 4.69) is 20.1 Å². The molecule has 0 bridgehead atoms. The average Bonchev–Trinajstić information content (AvgIpc) is 3.39. The van der Waals surface area contributed by atoms with Crippen LogP contribution in [0, 0.1) is 0 Å². The minimum Gasteiger partial charge on any atom is -0.353 e. The van der Waals surface area contributed by atoms with Crippen molar-refractivity contribution in [1.29, 1.82) is 0 Å². The number of nitrogens with one attached hydrogen (secondary N) is 1. The Labute approximate surface area is 192 Å². The first-order chi connectivity index (χ1) is 13.5. The van der Waals surface area contributed by atoms with Gasteiger partial charge >= 0.3 is 0 Å². The Hall–Kier alpha value is -1.10. The van der Waals surface area contributed by atoms with Crippen LogP contribution in [-0.4, -0.2) is 110 Å². The molecule has 9 heteroatoms. The molecule has 2 amide bonds. The van der Waals surface area contributed by atoms with Crippen LogP contribution in [0.2, 0.25) is 0 Å². The molecule has 1 aliphatic carbocycles. The molecule has 0 spiro atoms. The second kappa shape index (κ2) is 11.9. The number of rotatable bonds is 5. The first kappa shape index (κ1) is 24.2. The Bertz CT molecular complexity index is 565. The molecule has 29 heavy (non-hydrogen) atoms. The van der Waals surface area contributed by atoms with Crippen LogP contribution >= 0.6 is 24.0 Å². The van der Waals surface area contributed by atoms with Crippen molar-refractivity contribution in [1.82, 2.24) is 24.9 Å². The molecule has 8 nitrogen and oxygen atoms in total. The summed E-state index contributed by atoms with van der Waals surface area (Å²) in [6, 6.07) is 0.461. The SMILES string of the molecule is CN(C)C(=O)CN=C(NC1CCCC1)N1CCN(CC(=O)N2CCCC2)CC1.I. The maximum Gasteiger partial charge on any atom is 0.243 e. The molecule has 0 radical (unpaired) electrons. The van der Waals surface area contributed by atoms with Crippen molar-refractivity contribution < 1.29 is 9.59 Å². The maximum absolute atomic E-state index is 12.4. The van der Waals surface area contributed by atoms with Crippen molar-refractivity contribution in [2.75, 3.05) is 66.5 Å². The molecular formula is C20H37IN6O2. The molecular weight excluding hydrogens is 483 g/mol. The maximum atomic E-state index is 12.4. The Morgan fingerprint density at radius 2 is 1.55 bits per heavy atom. The van der Waals surface area contributed by atoms with Gasteiger partial charge in [0.05, 0.1) is 6.54 Å². The number of carbonyl (C=O) groups is 2. The van der Waals surface area contributed by atoms with Crippen LogP contribution in [0.1, 0.15) is 38.5 Å². The van der Waals surface area contributed by atoms with Crippen molar-refractivity contribution in [2.45, 2.75) is 44.6 Å². The van der Waals surface area contributed by atoms with Gasteiger partial charge in [0.15, 0.2) is 5.96 Å². The summed E-state index contributed by atoms with van der Waals surface area (Å²) in [6.07, 6.45) is 7.13. The van der Waals surface area contributed by atoms with Gasteiger partial charge in [-0.1, -0.05) is 12.8 Å². The number of halogens is 1. The lowest BCUT2D eigenvalue weighted by atomic mass is 10.2. The zero-order chi connectivity index (χ0) is 19.9. The van der Waals surface area contributed by atoms with Gasteiger partial charge in [0.25, 0.3) is 0 Å². The van der Waals surface area contributed by atoms with E-state index in [4.69, 9.17) is 0 Å². The highest BCUT2D eigenvalue weighted by atomic mass is 127. The Balaban J connectivity index is 0.00000300. The molecule has 3 aliphatic rings. The molecule has 1 saturated carbocycles. The number of piperazine rings is 1. The molecule has 1 N–H and O–H groups in total. The van der Waals surface area contributed by atoms with Crippen molar-refractivity contribution in [3.05, 3.63) is 0 Å². The Morgan fingerprint density at radius 3 is 2.14 bits per heavy atom. The number of likely N-dealkylation sites (N-methyl/N-ethyl adjacent to an activating group) is 1. The van der Waals surface area contributed by atoms with E-state index in [1.807, 2.05) is 4.90 Å². The number of hydrogen-bond acceptors (Lipinski definition) is 4. The molecule has 2 heterocycles. The largest absolute Gasteiger partial charge is 0.353 e. The molecule has 2 aliphatic heterocycles. The second-order valence-corrected chi connectivity index (χ2v) is 8.40. The lowest BCUT2D eigenvalue weighted by Gasteiger charge is -2.37. The third kappa shape index (κ3) is 7.27. The summed E-state index contributed by atoms with van der Waals surface area (Å²) < 4.78 is 0. The van der Waals surface area contributed by atoms with Crippen molar-refractivity contribution in [2.24, 2.45) is 4.99 Å². The summed E-state index contributed by atoms with van der Waals surface area (Å²) in [5.41, 5.74) is 0. The first-order valence-electron chi connectivity index (χ1n) is 10.8. The van der Waals surface area contributed by atoms with Crippen LogP contribution in [0.5, 0.6) is 0 Å². The molecule has 0 aromatic rings. The van der Waals surface area contributed by atoms with Gasteiger partial charge in [-0.05, 0) is 25.7 Å². The molecule has 0 aromatic carbocycles. The number of guanidine groups is 1. The molecule has 0 aromatic heterocycles. The molecule has 2 saturated heterocycles. The fourth-order valence-electron chi connectivity index (χ4n) is 4.15. The topological polar surface area (TPSA) is 71.5 Å². The van der Waals surface area contributed by atoms with E-state index in [0.717, 1.165) is 58.1 Å². The van der Waals surface area contributed by atoms with Gasteiger partial charge < -0.3 is 20.0 Å². The van der Waals surface area contributed by atoms with E-state index >= 15 is 0 Å². The van der Waals surface area contributed by atoms with Gasteiger partial charge in [-0.3, -0.25) is 14.5 Å². The van der Waals surface area contributed by atoms with E-state index in [1.165, 1.54) is 25.7 Å². The van der Waals surface area contributed by atoms with Gasteiger partial charge in [-0.2, -0.15) is 0 Å². The number of hydrogen-bond donors (Lipinski definition) is 1. The van der Waals surface area contributed by atoms with E-state index < -0.39 is 0 Å². The highest BCUT2D eigenvalue weighted by molar-refractivity contribution is 14.0. The monoisotopic (exact) mass is 520 g/mol. The quantitative estimate of drug-likeness (QED) is 0.330. The number of nitrogens with zero attached hydrogens (tertiary/aromatic N) is 5. The zero-order valence-electron chi connectivity index (χ0n) is 17.9. The second-order valence-electron chi connectivity index (χ2n) is 8.40. The van der Waals surface area contributed by atoms with E-state index in [9.17, 15) is 9.59 Å². The third-order valence-corrected chi connectivity index (χ3v) is 6.04. The lowest BCUT2D eigenvalue weighted by Crippen LogP contribution is -2.55. The standard InChI is InChI=1S/C20H36N6O2.HI/c1-23(2)18(27)15-21-20(22-17-7-3-4-8-17)26-13-11-24(12-14-26)16-19(28)25-9-5-6-10-25;/h17H,3-16H2,1-2H3,(H,21,22);1H. The average molecular weight is 520 g/mol. The summed E-state index contributed by atoms with van der Waals surface area (Å²) in [5.74, 6) is 1.13. The summed E-state index contributed by atoms with van der Waals surface area (Å²) >= 11 is 0. The van der Waals surface area contributed by atoms with E-state index in [0.29, 0.717) is 12.6 Å². The molecule has 3 rings (SSSR count). The fourth-order valence-corrected chi connectivity index (χ4v) is 4.15.